The molecule has 2 rings (SSSR count). The maximum atomic E-state index is 13.7. The van der Waals surface area contributed by atoms with E-state index in [2.05, 4.69) is 31.9 Å². The van der Waals surface area contributed by atoms with Crippen LogP contribution >= 0.6 is 31.9 Å². The minimum Gasteiger partial charge on any atom is -0.494 e. The quantitative estimate of drug-likeness (QED) is 0.681. The molecule has 1 unspecified atom stereocenters. The lowest BCUT2D eigenvalue weighted by atomic mass is 10.0. The van der Waals surface area contributed by atoms with Gasteiger partial charge >= 0.3 is 0 Å². The lowest BCUT2D eigenvalue weighted by Gasteiger charge is -2.13. The Bertz CT molecular complexity index is 557. The summed E-state index contributed by atoms with van der Waals surface area (Å²) in [5.74, 6) is -0.0999. The lowest BCUT2D eigenvalue weighted by molar-refractivity contribution is 0.386. The van der Waals surface area contributed by atoms with Crippen LogP contribution in [0.4, 0.5) is 4.39 Å². The van der Waals surface area contributed by atoms with Crippen LogP contribution < -0.4 is 4.74 Å². The van der Waals surface area contributed by atoms with Crippen molar-refractivity contribution < 1.29 is 9.13 Å². The Balaban J connectivity index is 2.37. The molecule has 0 N–H and O–H groups in total. The molecule has 0 saturated heterocycles. The van der Waals surface area contributed by atoms with Crippen LogP contribution in [0.1, 0.15) is 16.0 Å². The van der Waals surface area contributed by atoms with Gasteiger partial charge in [-0.05, 0) is 29.3 Å². The van der Waals surface area contributed by atoms with Crippen molar-refractivity contribution >= 4 is 31.9 Å². The first kappa shape index (κ1) is 13.6. The normalized spacial score (nSPS) is 12.2. The van der Waals surface area contributed by atoms with Crippen molar-refractivity contribution in [3.8, 4) is 5.75 Å². The summed E-state index contributed by atoms with van der Waals surface area (Å²) < 4.78 is 19.6. The number of alkyl halides is 1. The molecule has 0 aliphatic heterocycles. The average Bonchev–Trinajstić information content (AvgIpc) is 2.38. The Morgan fingerprint density at radius 3 is 2.50 bits per heavy atom. The van der Waals surface area contributed by atoms with Crippen LogP contribution in [0.15, 0.2) is 46.9 Å². The van der Waals surface area contributed by atoms with Gasteiger partial charge in [0.15, 0.2) is 11.6 Å². The van der Waals surface area contributed by atoms with Gasteiger partial charge in [0.25, 0.3) is 0 Å². The number of benzene rings is 2. The van der Waals surface area contributed by atoms with Crippen LogP contribution in [-0.2, 0) is 0 Å². The molecule has 18 heavy (non-hydrogen) atoms. The molecule has 0 fully saturated rings. The largest absolute Gasteiger partial charge is 0.494 e. The highest BCUT2D eigenvalue weighted by atomic mass is 79.9. The fraction of sp³-hybridized carbons (Fsp3) is 0.143. The number of hydrogen-bond acceptors (Lipinski definition) is 1. The SMILES string of the molecule is COc1ccc(C(Br)c2ccccc2Br)cc1F. The van der Waals surface area contributed by atoms with Crippen LogP contribution in [0, 0.1) is 5.82 Å². The average molecular weight is 374 g/mol. The highest BCUT2D eigenvalue weighted by Gasteiger charge is 2.15. The van der Waals surface area contributed by atoms with E-state index in [1.54, 1.807) is 6.07 Å². The van der Waals surface area contributed by atoms with Gasteiger partial charge in [-0.25, -0.2) is 4.39 Å². The molecule has 94 valence electrons. The van der Waals surface area contributed by atoms with Gasteiger partial charge in [-0.2, -0.15) is 0 Å². The molecule has 2 aromatic rings. The Morgan fingerprint density at radius 2 is 1.89 bits per heavy atom. The zero-order valence-corrected chi connectivity index (χ0v) is 12.8. The fourth-order valence-corrected chi connectivity index (χ4v) is 3.21. The van der Waals surface area contributed by atoms with E-state index in [0.29, 0.717) is 0 Å². The summed E-state index contributed by atoms with van der Waals surface area (Å²) in [6.07, 6.45) is 0. The monoisotopic (exact) mass is 372 g/mol. The molecule has 2 aromatic carbocycles. The highest BCUT2D eigenvalue weighted by Crippen LogP contribution is 2.36. The highest BCUT2D eigenvalue weighted by molar-refractivity contribution is 9.11. The first-order valence-electron chi connectivity index (χ1n) is 5.35. The molecule has 0 radical (unpaired) electrons. The Morgan fingerprint density at radius 1 is 1.17 bits per heavy atom. The van der Waals surface area contributed by atoms with E-state index in [0.717, 1.165) is 15.6 Å². The fourth-order valence-electron chi connectivity index (χ4n) is 1.70. The molecule has 0 bridgehead atoms. The molecule has 0 heterocycles. The van der Waals surface area contributed by atoms with Crippen molar-refractivity contribution in [1.82, 2.24) is 0 Å². The van der Waals surface area contributed by atoms with Gasteiger partial charge < -0.3 is 4.74 Å². The van der Waals surface area contributed by atoms with Crippen LogP contribution in [0.5, 0.6) is 5.75 Å². The lowest BCUT2D eigenvalue weighted by Crippen LogP contribution is -1.96. The van der Waals surface area contributed by atoms with Gasteiger partial charge in [0.05, 0.1) is 11.9 Å². The summed E-state index contributed by atoms with van der Waals surface area (Å²) in [5.41, 5.74) is 1.90. The summed E-state index contributed by atoms with van der Waals surface area (Å²) in [5, 5.41) is 0. The van der Waals surface area contributed by atoms with Crippen LogP contribution in [0.25, 0.3) is 0 Å². The second-order valence-corrected chi connectivity index (χ2v) is 5.55. The van der Waals surface area contributed by atoms with Gasteiger partial charge in [0, 0.05) is 4.47 Å². The van der Waals surface area contributed by atoms with Crippen LogP contribution in [-0.4, -0.2) is 7.11 Å². The number of halogens is 3. The first-order valence-corrected chi connectivity index (χ1v) is 7.06. The Labute approximate surface area is 122 Å². The van der Waals surface area contributed by atoms with Crippen molar-refractivity contribution in [3.05, 3.63) is 63.9 Å². The maximum Gasteiger partial charge on any atom is 0.165 e. The van der Waals surface area contributed by atoms with E-state index in [-0.39, 0.29) is 16.4 Å². The van der Waals surface area contributed by atoms with E-state index in [1.165, 1.54) is 13.2 Å². The second-order valence-electron chi connectivity index (χ2n) is 3.78. The van der Waals surface area contributed by atoms with Gasteiger partial charge in [0.2, 0.25) is 0 Å². The molecule has 1 nitrogen and oxygen atoms in total. The van der Waals surface area contributed by atoms with E-state index in [1.807, 2.05) is 30.3 Å². The van der Waals surface area contributed by atoms with Crippen LogP contribution in [0.2, 0.25) is 0 Å². The van der Waals surface area contributed by atoms with E-state index in [9.17, 15) is 4.39 Å². The van der Waals surface area contributed by atoms with Crippen molar-refractivity contribution in [2.75, 3.05) is 7.11 Å². The smallest absolute Gasteiger partial charge is 0.165 e. The predicted molar refractivity (Wildman–Crippen MR) is 77.9 cm³/mol. The number of methoxy groups -OCH3 is 1. The second kappa shape index (κ2) is 5.85. The van der Waals surface area contributed by atoms with Crippen molar-refractivity contribution in [2.45, 2.75) is 4.83 Å². The number of rotatable bonds is 3. The summed E-state index contributed by atoms with van der Waals surface area (Å²) in [4.78, 5) is -0.0616. The van der Waals surface area contributed by atoms with Crippen molar-refractivity contribution in [2.24, 2.45) is 0 Å². The minimum atomic E-state index is -0.355. The zero-order chi connectivity index (χ0) is 13.1. The molecule has 0 saturated carbocycles. The Hall–Kier alpha value is -0.870. The summed E-state index contributed by atoms with van der Waals surface area (Å²) in [6.45, 7) is 0. The summed E-state index contributed by atoms with van der Waals surface area (Å²) in [6, 6.07) is 12.8. The number of hydrogen-bond donors (Lipinski definition) is 0. The molecule has 0 aromatic heterocycles. The van der Waals surface area contributed by atoms with Gasteiger partial charge in [0.1, 0.15) is 0 Å². The molecule has 4 heteroatoms. The molecular weight excluding hydrogens is 363 g/mol. The van der Waals surface area contributed by atoms with Gasteiger partial charge in [-0.3, -0.25) is 0 Å². The van der Waals surface area contributed by atoms with Crippen molar-refractivity contribution in [1.29, 1.82) is 0 Å². The number of ether oxygens (including phenoxy) is 1. The topological polar surface area (TPSA) is 9.23 Å². The van der Waals surface area contributed by atoms with E-state index < -0.39 is 0 Å². The van der Waals surface area contributed by atoms with E-state index >= 15 is 0 Å². The van der Waals surface area contributed by atoms with Crippen LogP contribution in [0.3, 0.4) is 0 Å². The molecule has 0 aliphatic rings. The van der Waals surface area contributed by atoms with E-state index in [4.69, 9.17) is 4.74 Å². The Kier molecular flexibility index (Phi) is 4.40. The molecular formula is C14H11Br2FO. The third-order valence-electron chi connectivity index (χ3n) is 2.65. The third-order valence-corrected chi connectivity index (χ3v) is 4.39. The minimum absolute atomic E-state index is 0.0616. The summed E-state index contributed by atoms with van der Waals surface area (Å²) >= 11 is 7.08. The third kappa shape index (κ3) is 2.75. The van der Waals surface area contributed by atoms with Gasteiger partial charge in [-0.15, -0.1) is 0 Å². The maximum absolute atomic E-state index is 13.7. The molecule has 0 spiro atoms. The zero-order valence-electron chi connectivity index (χ0n) is 9.66. The molecule has 0 amide bonds. The molecule has 0 aliphatic carbocycles. The summed E-state index contributed by atoms with van der Waals surface area (Å²) in [7, 11) is 1.46. The first-order chi connectivity index (χ1) is 8.63. The molecule has 1 atom stereocenters. The van der Waals surface area contributed by atoms with Gasteiger partial charge in [-0.1, -0.05) is 56.1 Å². The van der Waals surface area contributed by atoms with Crippen molar-refractivity contribution in [3.63, 3.8) is 0 Å². The standard InChI is InChI=1S/C14H11Br2FO/c1-18-13-7-6-9(8-12(13)17)14(16)10-4-2-3-5-11(10)15/h2-8,14H,1H3. The predicted octanol–water partition coefficient (Wildman–Crippen LogP) is 5.08.